The Bertz CT molecular complexity index is 473. The minimum atomic E-state index is 0.514. The van der Waals surface area contributed by atoms with Crippen molar-refractivity contribution in [3.05, 3.63) is 53.3 Å². The first-order chi connectivity index (χ1) is 8.19. The zero-order valence-corrected chi connectivity index (χ0v) is 11.8. The average Bonchev–Trinajstić information content (AvgIpc) is 2.73. The molecule has 0 N–H and O–H groups in total. The Hall–Kier alpha value is -1.09. The van der Waals surface area contributed by atoms with Crippen LogP contribution in [0.15, 0.2) is 36.7 Å². The maximum atomic E-state index is 4.21. The fourth-order valence-corrected chi connectivity index (χ4v) is 2.56. The molecule has 0 spiro atoms. The zero-order valence-electron chi connectivity index (χ0n) is 10.2. The summed E-state index contributed by atoms with van der Waals surface area (Å²) in [5.74, 6) is 0.514. The second-order valence-electron chi connectivity index (χ2n) is 4.49. The molecule has 1 atom stereocenters. The van der Waals surface area contributed by atoms with E-state index >= 15 is 0 Å². The van der Waals surface area contributed by atoms with E-state index < -0.39 is 0 Å². The first kappa shape index (κ1) is 12.4. The first-order valence-electron chi connectivity index (χ1n) is 5.79. The molecule has 2 aromatic rings. The van der Waals surface area contributed by atoms with Gasteiger partial charge in [-0.1, -0.05) is 45.8 Å². The van der Waals surface area contributed by atoms with Crippen LogP contribution in [0.5, 0.6) is 0 Å². The summed E-state index contributed by atoms with van der Waals surface area (Å²) in [6, 6.07) is 8.79. The van der Waals surface area contributed by atoms with Gasteiger partial charge in [0, 0.05) is 18.6 Å². The minimum Gasteiger partial charge on any atom is -0.276 e. The Morgan fingerprint density at radius 2 is 2.00 bits per heavy atom. The van der Waals surface area contributed by atoms with Gasteiger partial charge >= 0.3 is 0 Å². The molecule has 17 heavy (non-hydrogen) atoms. The lowest BCUT2D eigenvalue weighted by atomic mass is 9.94. The van der Waals surface area contributed by atoms with Gasteiger partial charge in [-0.25, -0.2) is 0 Å². The van der Waals surface area contributed by atoms with Crippen LogP contribution in [0.25, 0.3) is 0 Å². The molecule has 1 aromatic heterocycles. The molecular formula is C14H17BrN2. The minimum absolute atomic E-state index is 0.514. The van der Waals surface area contributed by atoms with Gasteiger partial charge in [-0.3, -0.25) is 4.68 Å². The fraction of sp³-hybridized carbons (Fsp3) is 0.357. The van der Waals surface area contributed by atoms with Gasteiger partial charge in [0.25, 0.3) is 0 Å². The van der Waals surface area contributed by atoms with Gasteiger partial charge in [0.05, 0.1) is 6.20 Å². The van der Waals surface area contributed by atoms with Gasteiger partial charge < -0.3 is 0 Å². The quantitative estimate of drug-likeness (QED) is 0.789. The molecule has 0 aliphatic rings. The summed E-state index contributed by atoms with van der Waals surface area (Å²) >= 11 is 3.61. The van der Waals surface area contributed by atoms with E-state index in [4.69, 9.17) is 0 Å². The highest BCUT2D eigenvalue weighted by atomic mass is 79.9. The number of alkyl halides is 1. The van der Waals surface area contributed by atoms with E-state index in [1.54, 1.807) is 0 Å². The summed E-state index contributed by atoms with van der Waals surface area (Å²) in [5, 5.41) is 5.19. The molecule has 2 nitrogen and oxygen atoms in total. The number of rotatable bonds is 4. The molecule has 1 aromatic carbocycles. The topological polar surface area (TPSA) is 17.8 Å². The van der Waals surface area contributed by atoms with Gasteiger partial charge in [0.15, 0.2) is 0 Å². The lowest BCUT2D eigenvalue weighted by Gasteiger charge is -2.13. The number of benzene rings is 1. The molecule has 1 heterocycles. The van der Waals surface area contributed by atoms with Crippen LogP contribution in [0.4, 0.5) is 0 Å². The Balaban J connectivity index is 2.13. The van der Waals surface area contributed by atoms with Crippen molar-refractivity contribution in [1.82, 2.24) is 9.78 Å². The van der Waals surface area contributed by atoms with E-state index in [9.17, 15) is 0 Å². The summed E-state index contributed by atoms with van der Waals surface area (Å²) in [5.41, 5.74) is 3.98. The van der Waals surface area contributed by atoms with Crippen LogP contribution in [-0.2, 0) is 13.5 Å². The van der Waals surface area contributed by atoms with Gasteiger partial charge in [-0.05, 0) is 30.4 Å². The average molecular weight is 293 g/mol. The van der Waals surface area contributed by atoms with Crippen molar-refractivity contribution < 1.29 is 0 Å². The van der Waals surface area contributed by atoms with Crippen molar-refractivity contribution in [2.75, 3.05) is 5.33 Å². The van der Waals surface area contributed by atoms with E-state index in [1.165, 1.54) is 16.7 Å². The normalized spacial score (nSPS) is 12.6. The zero-order chi connectivity index (χ0) is 12.3. The summed E-state index contributed by atoms with van der Waals surface area (Å²) in [6.07, 6.45) is 5.07. The molecule has 0 bridgehead atoms. The molecule has 0 fully saturated rings. The lowest BCUT2D eigenvalue weighted by Crippen LogP contribution is -2.04. The van der Waals surface area contributed by atoms with Crippen LogP contribution in [-0.4, -0.2) is 15.1 Å². The summed E-state index contributed by atoms with van der Waals surface area (Å²) in [4.78, 5) is 0. The monoisotopic (exact) mass is 292 g/mol. The predicted octanol–water partition coefficient (Wildman–Crippen LogP) is 3.45. The van der Waals surface area contributed by atoms with Gasteiger partial charge in [-0.2, -0.15) is 5.10 Å². The third kappa shape index (κ3) is 3.19. The third-order valence-electron chi connectivity index (χ3n) is 2.98. The number of hydrogen-bond donors (Lipinski definition) is 0. The molecular weight excluding hydrogens is 276 g/mol. The smallest absolute Gasteiger partial charge is 0.0521 e. The second-order valence-corrected chi connectivity index (χ2v) is 5.14. The number of nitrogens with zero attached hydrogens (tertiary/aromatic N) is 2. The standard InChI is InChI=1S/C14H17BrN2/c1-11-3-5-13(6-4-11)14(8-15)7-12-9-16-17(2)10-12/h3-6,9-10,14H,7-8H2,1-2H3. The molecule has 0 saturated heterocycles. The van der Waals surface area contributed by atoms with E-state index in [1.807, 2.05) is 17.9 Å². The maximum Gasteiger partial charge on any atom is 0.0521 e. The van der Waals surface area contributed by atoms with Gasteiger partial charge in [0.2, 0.25) is 0 Å². The van der Waals surface area contributed by atoms with Crippen molar-refractivity contribution >= 4 is 15.9 Å². The Morgan fingerprint density at radius 3 is 2.53 bits per heavy atom. The summed E-state index contributed by atoms with van der Waals surface area (Å²) < 4.78 is 1.86. The molecule has 0 amide bonds. The summed E-state index contributed by atoms with van der Waals surface area (Å²) in [7, 11) is 1.96. The molecule has 1 unspecified atom stereocenters. The van der Waals surface area contributed by atoms with Gasteiger partial charge in [-0.15, -0.1) is 0 Å². The Kier molecular flexibility index (Phi) is 4.00. The summed E-state index contributed by atoms with van der Waals surface area (Å²) in [6.45, 7) is 2.12. The van der Waals surface area contributed by atoms with Crippen LogP contribution in [0.1, 0.15) is 22.6 Å². The highest BCUT2D eigenvalue weighted by Gasteiger charge is 2.11. The van der Waals surface area contributed by atoms with E-state index in [-0.39, 0.29) is 0 Å². The van der Waals surface area contributed by atoms with Crippen molar-refractivity contribution in [3.63, 3.8) is 0 Å². The molecule has 0 aliphatic carbocycles. The molecule has 0 radical (unpaired) electrons. The molecule has 2 rings (SSSR count). The van der Waals surface area contributed by atoms with Crippen LogP contribution < -0.4 is 0 Å². The molecule has 0 saturated carbocycles. The molecule has 0 aliphatic heterocycles. The predicted molar refractivity (Wildman–Crippen MR) is 74.6 cm³/mol. The van der Waals surface area contributed by atoms with Crippen molar-refractivity contribution in [2.24, 2.45) is 7.05 Å². The van der Waals surface area contributed by atoms with E-state index in [2.05, 4.69) is 58.4 Å². The van der Waals surface area contributed by atoms with Crippen LogP contribution >= 0.6 is 15.9 Å². The third-order valence-corrected chi connectivity index (χ3v) is 3.76. The highest BCUT2D eigenvalue weighted by molar-refractivity contribution is 9.09. The first-order valence-corrected chi connectivity index (χ1v) is 6.91. The number of aromatic nitrogens is 2. The Morgan fingerprint density at radius 1 is 1.29 bits per heavy atom. The van der Waals surface area contributed by atoms with E-state index in [0.717, 1.165) is 11.8 Å². The van der Waals surface area contributed by atoms with Crippen molar-refractivity contribution in [3.8, 4) is 0 Å². The number of hydrogen-bond acceptors (Lipinski definition) is 1. The van der Waals surface area contributed by atoms with Gasteiger partial charge in [0.1, 0.15) is 0 Å². The Labute approximate surface area is 111 Å². The highest BCUT2D eigenvalue weighted by Crippen LogP contribution is 2.23. The van der Waals surface area contributed by atoms with Crippen LogP contribution in [0.3, 0.4) is 0 Å². The largest absolute Gasteiger partial charge is 0.276 e. The molecule has 90 valence electrons. The van der Waals surface area contributed by atoms with Crippen molar-refractivity contribution in [1.29, 1.82) is 0 Å². The second kappa shape index (κ2) is 5.50. The maximum absolute atomic E-state index is 4.21. The lowest BCUT2D eigenvalue weighted by molar-refractivity contribution is 0.758. The fourth-order valence-electron chi connectivity index (χ4n) is 1.96. The molecule has 3 heteroatoms. The number of aryl methyl sites for hydroxylation is 2. The van der Waals surface area contributed by atoms with Crippen LogP contribution in [0, 0.1) is 6.92 Å². The number of halogens is 1. The van der Waals surface area contributed by atoms with Crippen molar-refractivity contribution in [2.45, 2.75) is 19.3 Å². The SMILES string of the molecule is Cc1ccc(C(CBr)Cc2cnn(C)c2)cc1. The van der Waals surface area contributed by atoms with Crippen LogP contribution in [0.2, 0.25) is 0 Å². The van der Waals surface area contributed by atoms with E-state index in [0.29, 0.717) is 5.92 Å².